The van der Waals surface area contributed by atoms with E-state index in [1.165, 1.54) is 70.6 Å². The Labute approximate surface area is 144 Å². The first-order valence-electron chi connectivity index (χ1n) is 9.18. The number of halogens is 1. The summed E-state index contributed by atoms with van der Waals surface area (Å²) in [6, 6.07) is 0. The first-order valence-corrected chi connectivity index (χ1v) is 9.18. The van der Waals surface area contributed by atoms with Crippen LogP contribution in [0.2, 0.25) is 0 Å². The Kier molecular flexibility index (Phi) is 22.6. The molecule has 4 heteroatoms. The summed E-state index contributed by atoms with van der Waals surface area (Å²) in [5.41, 5.74) is 0. The maximum absolute atomic E-state index is 11.3. The van der Waals surface area contributed by atoms with Gasteiger partial charge in [-0.3, -0.25) is 4.79 Å². The van der Waals surface area contributed by atoms with Crippen LogP contribution in [0.25, 0.3) is 0 Å². The average Bonchev–Trinajstić information content (AvgIpc) is 2.49. The Balaban J connectivity index is 0. The van der Waals surface area contributed by atoms with Crippen molar-refractivity contribution >= 4 is 18.3 Å². The first-order chi connectivity index (χ1) is 10.3. The molecular formula is C18H38ClNO2. The second-order valence-corrected chi connectivity index (χ2v) is 6.07. The van der Waals surface area contributed by atoms with Crippen molar-refractivity contribution in [2.45, 2.75) is 96.8 Å². The Morgan fingerprint density at radius 1 is 0.773 bits per heavy atom. The number of hydrogen-bond donors (Lipinski definition) is 2. The van der Waals surface area contributed by atoms with Gasteiger partial charge in [-0.1, -0.05) is 84.0 Å². The van der Waals surface area contributed by atoms with Gasteiger partial charge in [0.2, 0.25) is 5.91 Å². The Bertz CT molecular complexity index is 225. The van der Waals surface area contributed by atoms with Gasteiger partial charge in [-0.15, -0.1) is 12.4 Å². The largest absolute Gasteiger partial charge is 0.395 e. The van der Waals surface area contributed by atoms with E-state index in [1.807, 2.05) is 0 Å². The van der Waals surface area contributed by atoms with E-state index in [2.05, 4.69) is 12.2 Å². The maximum Gasteiger partial charge on any atom is 0.220 e. The third-order valence-electron chi connectivity index (χ3n) is 3.94. The second kappa shape index (κ2) is 20.7. The minimum atomic E-state index is 0. The fourth-order valence-corrected chi connectivity index (χ4v) is 2.59. The molecule has 3 nitrogen and oxygen atoms in total. The van der Waals surface area contributed by atoms with Crippen LogP contribution in [-0.4, -0.2) is 24.2 Å². The molecule has 1 amide bonds. The quantitative estimate of drug-likeness (QED) is 0.390. The van der Waals surface area contributed by atoms with Crippen LogP contribution in [0, 0.1) is 0 Å². The van der Waals surface area contributed by atoms with E-state index < -0.39 is 0 Å². The van der Waals surface area contributed by atoms with Gasteiger partial charge in [-0.2, -0.15) is 0 Å². The smallest absolute Gasteiger partial charge is 0.220 e. The van der Waals surface area contributed by atoms with Gasteiger partial charge < -0.3 is 10.4 Å². The monoisotopic (exact) mass is 335 g/mol. The Hall–Kier alpha value is -0.280. The molecule has 22 heavy (non-hydrogen) atoms. The maximum atomic E-state index is 11.3. The molecule has 0 saturated heterocycles. The van der Waals surface area contributed by atoms with Crippen LogP contribution >= 0.6 is 12.4 Å². The van der Waals surface area contributed by atoms with Gasteiger partial charge in [0.05, 0.1) is 6.61 Å². The molecule has 0 spiro atoms. The summed E-state index contributed by atoms with van der Waals surface area (Å²) in [6.07, 6.45) is 17.9. The summed E-state index contributed by atoms with van der Waals surface area (Å²) in [5.74, 6) is 0.0760. The van der Waals surface area contributed by atoms with Crippen molar-refractivity contribution < 1.29 is 9.90 Å². The molecule has 0 bridgehead atoms. The van der Waals surface area contributed by atoms with E-state index in [9.17, 15) is 4.79 Å². The molecule has 2 N–H and O–H groups in total. The van der Waals surface area contributed by atoms with E-state index in [0.29, 0.717) is 13.0 Å². The van der Waals surface area contributed by atoms with E-state index in [0.717, 1.165) is 12.8 Å². The predicted molar refractivity (Wildman–Crippen MR) is 97.7 cm³/mol. The van der Waals surface area contributed by atoms with Crippen molar-refractivity contribution in [3.05, 3.63) is 0 Å². The van der Waals surface area contributed by atoms with Gasteiger partial charge in [-0.05, 0) is 6.42 Å². The van der Waals surface area contributed by atoms with E-state index >= 15 is 0 Å². The van der Waals surface area contributed by atoms with E-state index in [1.54, 1.807) is 0 Å². The highest BCUT2D eigenvalue weighted by Gasteiger charge is 1.99. The van der Waals surface area contributed by atoms with Crippen LogP contribution in [0.4, 0.5) is 0 Å². The minimum absolute atomic E-state index is 0. The lowest BCUT2D eigenvalue weighted by atomic mass is 10.0. The summed E-state index contributed by atoms with van der Waals surface area (Å²) in [6.45, 7) is 2.68. The molecule has 0 radical (unpaired) electrons. The third kappa shape index (κ3) is 19.7. The molecule has 0 atom stereocenters. The minimum Gasteiger partial charge on any atom is -0.395 e. The fraction of sp³-hybridized carbons (Fsp3) is 0.944. The summed E-state index contributed by atoms with van der Waals surface area (Å²) >= 11 is 0. The number of carbonyl (C=O) groups excluding carboxylic acids is 1. The highest BCUT2D eigenvalue weighted by Crippen LogP contribution is 2.12. The summed E-state index contributed by atoms with van der Waals surface area (Å²) in [7, 11) is 0. The zero-order valence-electron chi connectivity index (χ0n) is 14.6. The summed E-state index contributed by atoms with van der Waals surface area (Å²) in [4.78, 5) is 11.3. The van der Waals surface area contributed by atoms with Crippen molar-refractivity contribution in [1.82, 2.24) is 5.32 Å². The standard InChI is InChI=1S/C18H37NO2.ClH/c1-2-3-4-5-6-7-8-9-10-11-12-13-14-15-18(21)19-16-17-20;/h20H,2-17H2,1H3,(H,19,21);1H. The molecule has 0 aliphatic heterocycles. The lowest BCUT2D eigenvalue weighted by Crippen LogP contribution is -2.25. The number of rotatable bonds is 16. The van der Waals surface area contributed by atoms with Gasteiger partial charge in [-0.25, -0.2) is 0 Å². The van der Waals surface area contributed by atoms with Gasteiger partial charge in [0.25, 0.3) is 0 Å². The van der Waals surface area contributed by atoms with Crippen LogP contribution in [0.1, 0.15) is 96.8 Å². The second-order valence-electron chi connectivity index (χ2n) is 6.07. The molecule has 0 fully saturated rings. The van der Waals surface area contributed by atoms with Crippen molar-refractivity contribution in [3.63, 3.8) is 0 Å². The summed E-state index contributed by atoms with van der Waals surface area (Å²) in [5, 5.41) is 11.3. The Morgan fingerprint density at radius 3 is 1.59 bits per heavy atom. The lowest BCUT2D eigenvalue weighted by Gasteiger charge is -2.04. The molecule has 0 aliphatic rings. The van der Waals surface area contributed by atoms with Gasteiger partial charge >= 0.3 is 0 Å². The van der Waals surface area contributed by atoms with Crippen LogP contribution in [0.3, 0.4) is 0 Å². The molecule has 0 saturated carbocycles. The predicted octanol–water partition coefficient (Wildman–Crippen LogP) is 5.00. The molecule has 0 rings (SSSR count). The van der Waals surface area contributed by atoms with Crippen molar-refractivity contribution in [3.8, 4) is 0 Å². The number of nitrogens with one attached hydrogen (secondary N) is 1. The first kappa shape index (κ1) is 24.0. The number of aliphatic hydroxyl groups excluding tert-OH is 1. The molecule has 0 unspecified atom stereocenters. The zero-order valence-corrected chi connectivity index (χ0v) is 15.4. The Morgan fingerprint density at radius 2 is 1.18 bits per heavy atom. The van der Waals surface area contributed by atoms with Crippen molar-refractivity contribution in [2.75, 3.05) is 13.2 Å². The van der Waals surface area contributed by atoms with Gasteiger partial charge in [0.1, 0.15) is 0 Å². The van der Waals surface area contributed by atoms with E-state index in [4.69, 9.17) is 5.11 Å². The molecule has 0 aromatic rings. The molecule has 0 heterocycles. The zero-order chi connectivity index (χ0) is 15.6. The highest BCUT2D eigenvalue weighted by molar-refractivity contribution is 5.85. The van der Waals surface area contributed by atoms with Crippen molar-refractivity contribution in [1.29, 1.82) is 0 Å². The SMILES string of the molecule is CCCCCCCCCCCCCCCC(=O)NCCO.Cl. The van der Waals surface area contributed by atoms with Crippen LogP contribution < -0.4 is 5.32 Å². The molecule has 134 valence electrons. The number of amides is 1. The molecule has 0 aromatic carbocycles. The van der Waals surface area contributed by atoms with Crippen molar-refractivity contribution in [2.24, 2.45) is 0 Å². The molecule has 0 aromatic heterocycles. The average molecular weight is 336 g/mol. The van der Waals surface area contributed by atoms with Crippen LogP contribution in [0.15, 0.2) is 0 Å². The van der Waals surface area contributed by atoms with Crippen LogP contribution in [-0.2, 0) is 4.79 Å². The lowest BCUT2D eigenvalue weighted by molar-refractivity contribution is -0.121. The highest BCUT2D eigenvalue weighted by atomic mass is 35.5. The van der Waals surface area contributed by atoms with Crippen LogP contribution in [0.5, 0.6) is 0 Å². The van der Waals surface area contributed by atoms with E-state index in [-0.39, 0.29) is 24.9 Å². The topological polar surface area (TPSA) is 49.3 Å². The molecule has 0 aliphatic carbocycles. The number of unbranched alkanes of at least 4 members (excludes halogenated alkanes) is 12. The number of aliphatic hydroxyl groups is 1. The molecular weight excluding hydrogens is 298 g/mol. The normalized spacial score (nSPS) is 10.3. The van der Waals surface area contributed by atoms with Gasteiger partial charge in [0, 0.05) is 13.0 Å². The van der Waals surface area contributed by atoms with Gasteiger partial charge in [0.15, 0.2) is 0 Å². The fourth-order valence-electron chi connectivity index (χ4n) is 2.59. The summed E-state index contributed by atoms with van der Waals surface area (Å²) < 4.78 is 0. The number of carbonyl (C=O) groups is 1. The third-order valence-corrected chi connectivity index (χ3v) is 3.94. The number of hydrogen-bond acceptors (Lipinski definition) is 2.